The van der Waals surface area contributed by atoms with Crippen LogP contribution in [0, 0.1) is 17.1 Å². The molecule has 2 aromatic rings. The van der Waals surface area contributed by atoms with Gasteiger partial charge in [0.15, 0.2) is 5.78 Å². The number of benzene rings is 2. The number of para-hydroxylation sites is 1. The quantitative estimate of drug-likeness (QED) is 0.733. The van der Waals surface area contributed by atoms with Gasteiger partial charge in [-0.15, -0.1) is 6.58 Å². The first-order chi connectivity index (χ1) is 16.0. The number of hydrogen-bond acceptors (Lipinski definition) is 5. The molecule has 3 aliphatic rings. The van der Waals surface area contributed by atoms with Gasteiger partial charge in [0, 0.05) is 35.5 Å². The van der Waals surface area contributed by atoms with Crippen molar-refractivity contribution in [2.45, 2.75) is 24.7 Å². The zero-order valence-electron chi connectivity index (χ0n) is 17.8. The molecule has 2 heterocycles. The maximum Gasteiger partial charge on any atom is 0.248 e. The lowest BCUT2D eigenvalue weighted by atomic mass is 9.64. The summed E-state index contributed by atoms with van der Waals surface area (Å²) < 4.78 is 14.1. The van der Waals surface area contributed by atoms with Crippen LogP contribution in [0.5, 0.6) is 0 Å². The van der Waals surface area contributed by atoms with Crippen LogP contribution < -0.4 is 15.5 Å². The van der Waals surface area contributed by atoms with Gasteiger partial charge in [0.1, 0.15) is 23.1 Å². The first-order valence-electron chi connectivity index (χ1n) is 10.7. The van der Waals surface area contributed by atoms with Crippen LogP contribution in [-0.2, 0) is 15.0 Å². The highest BCUT2D eigenvalue weighted by atomic mass is 19.1. The van der Waals surface area contributed by atoms with Gasteiger partial charge >= 0.3 is 0 Å². The van der Waals surface area contributed by atoms with E-state index in [0.717, 1.165) is 0 Å². The highest BCUT2D eigenvalue weighted by Gasteiger charge is 2.62. The Balaban J connectivity index is 1.89. The summed E-state index contributed by atoms with van der Waals surface area (Å²) in [7, 11) is 0. The number of hydrogen-bond donors (Lipinski definition) is 1. The van der Waals surface area contributed by atoms with Gasteiger partial charge in [-0.05, 0) is 37.1 Å². The smallest absolute Gasteiger partial charge is 0.248 e. The van der Waals surface area contributed by atoms with Crippen LogP contribution in [0.15, 0.2) is 83.9 Å². The molecular weight excluding hydrogens is 419 g/mol. The van der Waals surface area contributed by atoms with Gasteiger partial charge < -0.3 is 10.6 Å². The summed E-state index contributed by atoms with van der Waals surface area (Å²) in [4.78, 5) is 30.7. The third-order valence-electron chi connectivity index (χ3n) is 6.56. The topological polar surface area (TPSA) is 90.4 Å². The summed E-state index contributed by atoms with van der Waals surface area (Å²) >= 11 is 0. The molecule has 1 spiro atoms. The summed E-state index contributed by atoms with van der Waals surface area (Å²) in [5.41, 5.74) is 7.30. The third kappa shape index (κ3) is 2.64. The normalized spacial score (nSPS) is 21.9. The Morgan fingerprint density at radius 1 is 1.18 bits per heavy atom. The Morgan fingerprint density at radius 3 is 2.70 bits per heavy atom. The van der Waals surface area contributed by atoms with Crippen molar-refractivity contribution >= 4 is 23.1 Å². The molecule has 0 saturated heterocycles. The number of nitrogens with two attached hydrogens (primary N) is 1. The Kier molecular flexibility index (Phi) is 4.68. The van der Waals surface area contributed by atoms with E-state index in [0.29, 0.717) is 35.5 Å². The van der Waals surface area contributed by atoms with E-state index in [1.54, 1.807) is 47.4 Å². The molecule has 2 N–H and O–H groups in total. The Labute approximate surface area is 190 Å². The molecule has 2 aromatic carbocycles. The van der Waals surface area contributed by atoms with E-state index in [4.69, 9.17) is 5.73 Å². The maximum absolute atomic E-state index is 14.1. The second-order valence-electron chi connectivity index (χ2n) is 8.26. The van der Waals surface area contributed by atoms with E-state index < -0.39 is 17.1 Å². The number of allylic oxidation sites excluding steroid dienone is 1. The number of Topliss-reactive ketones (excluding diaryl/α,β-unsaturated/α-hetero) is 1. The average Bonchev–Trinajstić information content (AvgIpc) is 3.04. The van der Waals surface area contributed by atoms with Crippen molar-refractivity contribution < 1.29 is 14.0 Å². The minimum Gasteiger partial charge on any atom is -0.384 e. The van der Waals surface area contributed by atoms with Crippen LogP contribution in [0.3, 0.4) is 0 Å². The van der Waals surface area contributed by atoms with Crippen molar-refractivity contribution in [2.75, 3.05) is 16.3 Å². The standard InChI is InChI=1S/C26H21FN4O2/c1-2-13-30-20-10-4-3-9-18(20)26(25(30)33)19(15-28)24(29)31(17-8-5-7-16(27)14-17)21-11-6-12-22(32)23(21)26/h2-5,7-10,14H,1,6,11-13,29H2/t26-/m1/s1. The fraction of sp³-hybridized carbons (Fsp3) is 0.192. The zero-order chi connectivity index (χ0) is 23.3. The van der Waals surface area contributed by atoms with Gasteiger partial charge in [0.2, 0.25) is 5.91 Å². The number of amides is 1. The maximum atomic E-state index is 14.1. The van der Waals surface area contributed by atoms with Gasteiger partial charge in [-0.3, -0.25) is 14.5 Å². The molecule has 0 unspecified atom stereocenters. The molecule has 164 valence electrons. The van der Waals surface area contributed by atoms with E-state index in [9.17, 15) is 19.2 Å². The second kappa shape index (κ2) is 7.45. The number of anilines is 2. The molecule has 6 nitrogen and oxygen atoms in total. The number of halogens is 1. The molecule has 0 bridgehead atoms. The zero-order valence-corrected chi connectivity index (χ0v) is 17.8. The van der Waals surface area contributed by atoms with Crippen molar-refractivity contribution in [3.05, 3.63) is 95.2 Å². The van der Waals surface area contributed by atoms with Crippen molar-refractivity contribution in [3.63, 3.8) is 0 Å². The lowest BCUT2D eigenvalue weighted by Gasteiger charge is -2.43. The molecule has 7 heteroatoms. The van der Waals surface area contributed by atoms with Gasteiger partial charge in [-0.2, -0.15) is 5.26 Å². The number of nitrogens with zero attached hydrogens (tertiary/aromatic N) is 3. The monoisotopic (exact) mass is 440 g/mol. The molecule has 1 amide bonds. The summed E-state index contributed by atoms with van der Waals surface area (Å²) in [5, 5.41) is 10.3. The summed E-state index contributed by atoms with van der Waals surface area (Å²) in [6.07, 6.45) is 2.90. The van der Waals surface area contributed by atoms with Crippen LogP contribution in [0.25, 0.3) is 0 Å². The summed E-state index contributed by atoms with van der Waals surface area (Å²) in [6, 6.07) is 15.1. The molecule has 1 aliphatic carbocycles. The molecule has 33 heavy (non-hydrogen) atoms. The van der Waals surface area contributed by atoms with E-state index in [1.165, 1.54) is 17.0 Å². The molecule has 2 aliphatic heterocycles. The third-order valence-corrected chi connectivity index (χ3v) is 6.56. The van der Waals surface area contributed by atoms with Crippen LogP contribution in [0.1, 0.15) is 24.8 Å². The Bertz CT molecular complexity index is 1340. The van der Waals surface area contributed by atoms with Gasteiger partial charge in [0.05, 0.1) is 11.3 Å². The van der Waals surface area contributed by atoms with Crippen LogP contribution in [0.4, 0.5) is 15.8 Å². The lowest BCUT2D eigenvalue weighted by Crippen LogP contribution is -2.52. The van der Waals surface area contributed by atoms with Crippen molar-refractivity contribution in [1.82, 2.24) is 0 Å². The highest BCUT2D eigenvalue weighted by molar-refractivity contribution is 6.20. The fourth-order valence-electron chi connectivity index (χ4n) is 5.35. The molecular formula is C26H21FN4O2. The van der Waals surface area contributed by atoms with Gasteiger partial charge in [0.25, 0.3) is 0 Å². The molecule has 1 atom stereocenters. The largest absolute Gasteiger partial charge is 0.384 e. The molecule has 0 saturated carbocycles. The molecule has 0 aromatic heterocycles. The minimum atomic E-state index is -1.63. The Morgan fingerprint density at radius 2 is 1.97 bits per heavy atom. The number of carbonyl (C=O) groups excluding carboxylic acids is 2. The first-order valence-corrected chi connectivity index (χ1v) is 10.7. The van der Waals surface area contributed by atoms with E-state index >= 15 is 0 Å². The van der Waals surface area contributed by atoms with Gasteiger partial charge in [-0.25, -0.2) is 4.39 Å². The van der Waals surface area contributed by atoms with Crippen LogP contribution >= 0.6 is 0 Å². The fourth-order valence-corrected chi connectivity index (χ4v) is 5.35. The number of ketones is 1. The van der Waals surface area contributed by atoms with E-state index in [2.05, 4.69) is 12.6 Å². The second-order valence-corrected chi connectivity index (χ2v) is 8.26. The van der Waals surface area contributed by atoms with Crippen LogP contribution in [-0.4, -0.2) is 18.2 Å². The predicted molar refractivity (Wildman–Crippen MR) is 122 cm³/mol. The first kappa shape index (κ1) is 20.7. The number of fused-ring (bicyclic) bond motifs is 3. The molecule has 5 rings (SSSR count). The number of rotatable bonds is 3. The number of nitriles is 1. The summed E-state index contributed by atoms with van der Waals surface area (Å²) in [5.74, 6) is -1.05. The van der Waals surface area contributed by atoms with Crippen molar-refractivity contribution in [1.29, 1.82) is 5.26 Å². The van der Waals surface area contributed by atoms with Crippen molar-refractivity contribution in [2.24, 2.45) is 5.73 Å². The summed E-state index contributed by atoms with van der Waals surface area (Å²) in [6.45, 7) is 3.98. The van der Waals surface area contributed by atoms with E-state index in [1.807, 2.05) is 0 Å². The van der Waals surface area contributed by atoms with Crippen LogP contribution in [0.2, 0.25) is 0 Å². The predicted octanol–water partition coefficient (Wildman–Crippen LogP) is 3.82. The van der Waals surface area contributed by atoms with Crippen molar-refractivity contribution in [3.8, 4) is 6.07 Å². The Hall–Kier alpha value is -4.18. The highest BCUT2D eigenvalue weighted by Crippen LogP contribution is 2.56. The minimum absolute atomic E-state index is 0.0234. The lowest BCUT2D eigenvalue weighted by molar-refractivity contribution is -0.124. The average molecular weight is 440 g/mol. The number of carbonyl (C=O) groups is 2. The van der Waals surface area contributed by atoms with E-state index in [-0.39, 0.29) is 35.7 Å². The molecule has 0 fully saturated rings. The molecule has 0 radical (unpaired) electrons. The SMILES string of the molecule is C=CCN1C(=O)[C@@]2(C(C#N)=C(N)N(c3cccc(F)c3)C3=C2C(=O)CCC3)c2ccccc21. The van der Waals surface area contributed by atoms with Gasteiger partial charge in [-0.1, -0.05) is 30.3 Å².